The van der Waals surface area contributed by atoms with Crippen molar-refractivity contribution < 1.29 is 4.74 Å². The zero-order chi connectivity index (χ0) is 16.1. The molecule has 0 radical (unpaired) electrons. The van der Waals surface area contributed by atoms with Gasteiger partial charge in [0.25, 0.3) is 0 Å². The average molecular weight is 303 g/mol. The van der Waals surface area contributed by atoms with E-state index in [1.165, 1.54) is 22.3 Å². The van der Waals surface area contributed by atoms with Gasteiger partial charge in [0.2, 0.25) is 0 Å². The summed E-state index contributed by atoms with van der Waals surface area (Å²) in [6, 6.07) is 24.8. The molecule has 0 aromatic heterocycles. The summed E-state index contributed by atoms with van der Waals surface area (Å²) in [5, 5.41) is 0. The minimum Gasteiger partial charge on any atom is -0.489 e. The first-order valence-corrected chi connectivity index (χ1v) is 7.83. The molecule has 0 atom stereocenters. The van der Waals surface area contributed by atoms with Gasteiger partial charge in [-0.1, -0.05) is 60.7 Å². The summed E-state index contributed by atoms with van der Waals surface area (Å²) in [6.07, 6.45) is 0. The summed E-state index contributed by atoms with van der Waals surface area (Å²) in [4.78, 5) is 0. The lowest BCUT2D eigenvalue weighted by Gasteiger charge is -2.13. The second-order valence-electron chi connectivity index (χ2n) is 5.59. The molecule has 2 heteroatoms. The summed E-state index contributed by atoms with van der Waals surface area (Å²) in [7, 11) is 0. The van der Waals surface area contributed by atoms with Crippen LogP contribution in [0.25, 0.3) is 11.1 Å². The highest BCUT2D eigenvalue weighted by Crippen LogP contribution is 2.26. The Hall–Kier alpha value is -2.58. The number of nitrogens with two attached hydrogens (primary N) is 1. The van der Waals surface area contributed by atoms with E-state index < -0.39 is 0 Å². The SMILES string of the molecule is Cc1c(COc2ccc(CN)cc2)cccc1-c1ccccc1. The molecule has 3 rings (SSSR count). The lowest BCUT2D eigenvalue weighted by molar-refractivity contribution is 0.305. The van der Waals surface area contributed by atoms with Gasteiger partial charge in [-0.3, -0.25) is 0 Å². The Morgan fingerprint density at radius 3 is 2.26 bits per heavy atom. The molecule has 0 saturated heterocycles. The van der Waals surface area contributed by atoms with Crippen molar-refractivity contribution in [2.24, 2.45) is 5.73 Å². The Labute approximate surface area is 137 Å². The van der Waals surface area contributed by atoms with Crippen molar-refractivity contribution >= 4 is 0 Å². The van der Waals surface area contributed by atoms with E-state index in [1.807, 2.05) is 30.3 Å². The van der Waals surface area contributed by atoms with E-state index >= 15 is 0 Å². The van der Waals surface area contributed by atoms with Gasteiger partial charge in [0.1, 0.15) is 12.4 Å². The number of hydrogen-bond donors (Lipinski definition) is 1. The van der Waals surface area contributed by atoms with Gasteiger partial charge in [0.15, 0.2) is 0 Å². The second-order valence-corrected chi connectivity index (χ2v) is 5.59. The standard InChI is InChI=1S/C21H21NO/c1-16-19(15-23-20-12-10-17(14-22)11-13-20)8-5-9-21(16)18-6-3-2-4-7-18/h2-13H,14-15,22H2,1H3. The van der Waals surface area contributed by atoms with Crippen molar-refractivity contribution in [2.45, 2.75) is 20.1 Å². The van der Waals surface area contributed by atoms with Gasteiger partial charge < -0.3 is 10.5 Å². The number of hydrogen-bond acceptors (Lipinski definition) is 2. The number of benzene rings is 3. The molecule has 0 aliphatic rings. The molecular weight excluding hydrogens is 282 g/mol. The van der Waals surface area contributed by atoms with Crippen LogP contribution in [-0.4, -0.2) is 0 Å². The van der Waals surface area contributed by atoms with Crippen LogP contribution in [0.5, 0.6) is 5.75 Å². The average Bonchev–Trinajstić information content (AvgIpc) is 2.62. The summed E-state index contributed by atoms with van der Waals surface area (Å²) >= 11 is 0. The molecule has 2 N–H and O–H groups in total. The molecule has 116 valence electrons. The number of ether oxygens (including phenoxy) is 1. The first kappa shape index (κ1) is 15.3. The van der Waals surface area contributed by atoms with Crippen LogP contribution in [-0.2, 0) is 13.2 Å². The maximum Gasteiger partial charge on any atom is 0.119 e. The summed E-state index contributed by atoms with van der Waals surface area (Å²) in [5.74, 6) is 0.867. The van der Waals surface area contributed by atoms with Crippen LogP contribution in [0.2, 0.25) is 0 Å². The Kier molecular flexibility index (Phi) is 4.74. The fourth-order valence-corrected chi connectivity index (χ4v) is 2.65. The molecule has 0 aliphatic heterocycles. The zero-order valence-electron chi connectivity index (χ0n) is 13.3. The van der Waals surface area contributed by atoms with Gasteiger partial charge in [-0.15, -0.1) is 0 Å². The van der Waals surface area contributed by atoms with Crippen LogP contribution in [0.4, 0.5) is 0 Å². The van der Waals surface area contributed by atoms with Crippen molar-refractivity contribution in [1.29, 1.82) is 0 Å². The van der Waals surface area contributed by atoms with Crippen LogP contribution in [0, 0.1) is 6.92 Å². The van der Waals surface area contributed by atoms with Crippen molar-refractivity contribution in [2.75, 3.05) is 0 Å². The third-order valence-corrected chi connectivity index (χ3v) is 4.08. The summed E-state index contributed by atoms with van der Waals surface area (Å²) in [6.45, 7) is 3.27. The fourth-order valence-electron chi connectivity index (χ4n) is 2.65. The summed E-state index contributed by atoms with van der Waals surface area (Å²) < 4.78 is 5.92. The van der Waals surface area contributed by atoms with Crippen molar-refractivity contribution in [1.82, 2.24) is 0 Å². The second kappa shape index (κ2) is 7.12. The van der Waals surface area contributed by atoms with Gasteiger partial charge >= 0.3 is 0 Å². The maximum atomic E-state index is 5.92. The highest BCUT2D eigenvalue weighted by molar-refractivity contribution is 5.68. The van der Waals surface area contributed by atoms with E-state index in [0.29, 0.717) is 13.2 Å². The highest BCUT2D eigenvalue weighted by Gasteiger charge is 2.06. The molecule has 2 nitrogen and oxygen atoms in total. The monoisotopic (exact) mass is 303 g/mol. The quantitative estimate of drug-likeness (QED) is 0.741. The predicted molar refractivity (Wildman–Crippen MR) is 95.3 cm³/mol. The Bertz CT molecular complexity index is 764. The molecule has 0 amide bonds. The third kappa shape index (κ3) is 3.61. The Morgan fingerprint density at radius 1 is 0.826 bits per heavy atom. The molecule has 3 aromatic rings. The van der Waals surface area contributed by atoms with E-state index in [4.69, 9.17) is 10.5 Å². The van der Waals surface area contributed by atoms with E-state index in [-0.39, 0.29) is 0 Å². The van der Waals surface area contributed by atoms with E-state index in [0.717, 1.165) is 11.3 Å². The fraction of sp³-hybridized carbons (Fsp3) is 0.143. The van der Waals surface area contributed by atoms with E-state index in [9.17, 15) is 0 Å². The smallest absolute Gasteiger partial charge is 0.119 e. The largest absolute Gasteiger partial charge is 0.489 e. The minimum absolute atomic E-state index is 0.554. The van der Waals surface area contributed by atoms with E-state index in [1.54, 1.807) is 0 Å². The molecule has 0 saturated carbocycles. The molecule has 0 heterocycles. The molecule has 0 spiro atoms. The first-order chi connectivity index (χ1) is 11.3. The topological polar surface area (TPSA) is 35.2 Å². The van der Waals surface area contributed by atoms with Crippen LogP contribution < -0.4 is 10.5 Å². The molecule has 0 bridgehead atoms. The highest BCUT2D eigenvalue weighted by atomic mass is 16.5. The van der Waals surface area contributed by atoms with Gasteiger partial charge in [-0.2, -0.15) is 0 Å². The zero-order valence-corrected chi connectivity index (χ0v) is 13.3. The normalized spacial score (nSPS) is 10.5. The predicted octanol–water partition coefficient (Wildman–Crippen LogP) is 4.70. The van der Waals surface area contributed by atoms with Crippen molar-refractivity contribution in [3.63, 3.8) is 0 Å². The maximum absolute atomic E-state index is 5.92. The van der Waals surface area contributed by atoms with Crippen LogP contribution in [0.1, 0.15) is 16.7 Å². The molecule has 0 unspecified atom stereocenters. The summed E-state index contributed by atoms with van der Waals surface area (Å²) in [5.41, 5.74) is 11.7. The van der Waals surface area contributed by atoms with Gasteiger partial charge in [-0.05, 0) is 46.9 Å². The van der Waals surface area contributed by atoms with Crippen LogP contribution >= 0.6 is 0 Å². The molecular formula is C21H21NO. The Balaban J connectivity index is 1.78. The van der Waals surface area contributed by atoms with Crippen LogP contribution in [0.15, 0.2) is 72.8 Å². The lowest BCUT2D eigenvalue weighted by Crippen LogP contribution is -2.00. The number of rotatable bonds is 5. The van der Waals surface area contributed by atoms with Crippen LogP contribution in [0.3, 0.4) is 0 Å². The Morgan fingerprint density at radius 2 is 1.57 bits per heavy atom. The first-order valence-electron chi connectivity index (χ1n) is 7.83. The van der Waals surface area contributed by atoms with Gasteiger partial charge in [0.05, 0.1) is 0 Å². The molecule has 0 fully saturated rings. The van der Waals surface area contributed by atoms with Crippen molar-refractivity contribution in [3.05, 3.63) is 89.5 Å². The van der Waals surface area contributed by atoms with E-state index in [2.05, 4.69) is 49.4 Å². The molecule has 23 heavy (non-hydrogen) atoms. The van der Waals surface area contributed by atoms with Gasteiger partial charge in [-0.25, -0.2) is 0 Å². The molecule has 3 aromatic carbocycles. The molecule has 0 aliphatic carbocycles. The van der Waals surface area contributed by atoms with Crippen molar-refractivity contribution in [3.8, 4) is 16.9 Å². The lowest BCUT2D eigenvalue weighted by atomic mass is 9.97. The minimum atomic E-state index is 0.554. The third-order valence-electron chi connectivity index (χ3n) is 4.08. The van der Waals surface area contributed by atoms with Gasteiger partial charge in [0, 0.05) is 6.54 Å².